The van der Waals surface area contributed by atoms with Crippen LogP contribution in [-0.4, -0.2) is 89.6 Å². The number of likely N-dealkylation sites (tertiary alicyclic amines) is 1. The third-order valence-electron chi connectivity index (χ3n) is 7.05. The summed E-state index contributed by atoms with van der Waals surface area (Å²) in [6, 6.07) is 11.2. The zero-order valence-electron chi connectivity index (χ0n) is 23.2. The van der Waals surface area contributed by atoms with E-state index in [1.807, 2.05) is 0 Å². The molecule has 0 aliphatic carbocycles. The van der Waals surface area contributed by atoms with Crippen molar-refractivity contribution in [3.63, 3.8) is 0 Å². The molecule has 3 aromatic heterocycles. The van der Waals surface area contributed by atoms with Gasteiger partial charge in [-0.3, -0.25) is 10.1 Å². The number of fused-ring (bicyclic) bond motifs is 1. The van der Waals surface area contributed by atoms with Gasteiger partial charge < -0.3 is 19.2 Å². The van der Waals surface area contributed by atoms with E-state index in [-0.39, 0.29) is 29.9 Å². The van der Waals surface area contributed by atoms with Gasteiger partial charge in [0.05, 0.1) is 16.8 Å². The van der Waals surface area contributed by atoms with Crippen molar-refractivity contribution in [2.24, 2.45) is 5.16 Å². The number of sulfone groups is 1. The van der Waals surface area contributed by atoms with Gasteiger partial charge in [0.1, 0.15) is 16.5 Å². The molecular formula is C28H29N7O6S2. The minimum atomic E-state index is -3.57. The van der Waals surface area contributed by atoms with E-state index in [2.05, 4.69) is 42.4 Å². The summed E-state index contributed by atoms with van der Waals surface area (Å²) in [5, 5.41) is 6.56. The fourth-order valence-corrected chi connectivity index (χ4v) is 7.18. The number of likely N-dealkylation sites (N-methyl/N-ethyl adjacent to an activating group) is 1. The Hall–Kier alpha value is -4.05. The first-order chi connectivity index (χ1) is 20.8. The minimum Gasteiger partial charge on any atom is -0.473 e. The molecule has 0 radical (unpaired) electrons. The predicted molar refractivity (Wildman–Crippen MR) is 159 cm³/mol. The summed E-state index contributed by atoms with van der Waals surface area (Å²) < 4.78 is 37.3. The Balaban J connectivity index is 1.21. The number of thiazole rings is 1. The topological polar surface area (TPSA) is 158 Å². The van der Waals surface area contributed by atoms with E-state index in [1.54, 1.807) is 30.6 Å². The molecule has 0 spiro atoms. The highest BCUT2D eigenvalue weighted by molar-refractivity contribution is 7.92. The zero-order chi connectivity index (χ0) is 29.8. The molecule has 0 bridgehead atoms. The molecule has 4 aromatic rings. The van der Waals surface area contributed by atoms with Gasteiger partial charge in [-0.2, -0.15) is 0 Å². The fourth-order valence-electron chi connectivity index (χ4n) is 4.77. The van der Waals surface area contributed by atoms with Gasteiger partial charge in [0.2, 0.25) is 5.88 Å². The quantitative estimate of drug-likeness (QED) is 0.205. The highest BCUT2D eigenvalue weighted by Gasteiger charge is 2.31. The van der Waals surface area contributed by atoms with Crippen LogP contribution in [0.25, 0.3) is 10.3 Å². The molecule has 2 atom stereocenters. The normalized spacial score (nSPS) is 19.5. The number of carbonyl (C=O) groups is 1. The van der Waals surface area contributed by atoms with Crippen LogP contribution in [0.3, 0.4) is 0 Å². The summed E-state index contributed by atoms with van der Waals surface area (Å²) in [6.07, 6.45) is 4.60. The summed E-state index contributed by atoms with van der Waals surface area (Å²) in [7, 11) is -1.52. The number of hydrogen-bond donors (Lipinski definition) is 1. The summed E-state index contributed by atoms with van der Waals surface area (Å²) in [5.41, 5.74) is 0.882. The first-order valence-corrected chi connectivity index (χ1v) is 16.0. The molecule has 5 heterocycles. The second-order valence-corrected chi connectivity index (χ2v) is 13.4. The number of nitrogens with one attached hydrogen (secondary N) is 1. The van der Waals surface area contributed by atoms with Crippen LogP contribution in [0.4, 0.5) is 5.13 Å². The number of ether oxygens (including phenoxy) is 2. The predicted octanol–water partition coefficient (Wildman–Crippen LogP) is 2.69. The smallest absolute Gasteiger partial charge is 0.280 e. The van der Waals surface area contributed by atoms with E-state index >= 15 is 0 Å². The van der Waals surface area contributed by atoms with E-state index in [1.165, 1.54) is 35.6 Å². The van der Waals surface area contributed by atoms with Crippen molar-refractivity contribution in [1.82, 2.24) is 24.8 Å². The number of amides is 1. The van der Waals surface area contributed by atoms with Crippen LogP contribution in [0.5, 0.6) is 5.88 Å². The van der Waals surface area contributed by atoms with Crippen LogP contribution in [0.2, 0.25) is 0 Å². The molecule has 2 fully saturated rings. The van der Waals surface area contributed by atoms with Gasteiger partial charge in [-0.05, 0) is 44.2 Å². The fraction of sp³-hybridized carbons (Fsp3) is 0.357. The Morgan fingerprint density at radius 3 is 2.67 bits per heavy atom. The van der Waals surface area contributed by atoms with Crippen LogP contribution in [0, 0.1) is 0 Å². The second kappa shape index (κ2) is 12.7. The molecule has 2 aliphatic rings. The molecule has 0 saturated carbocycles. The molecule has 43 heavy (non-hydrogen) atoms. The van der Waals surface area contributed by atoms with Crippen LogP contribution >= 0.6 is 11.3 Å². The molecule has 2 aliphatic heterocycles. The zero-order valence-corrected chi connectivity index (χ0v) is 24.9. The first-order valence-electron chi connectivity index (χ1n) is 13.7. The lowest BCUT2D eigenvalue weighted by atomic mass is 10.1. The Labute approximate surface area is 251 Å². The number of oxime groups is 1. The monoisotopic (exact) mass is 623 g/mol. The number of anilines is 1. The molecule has 13 nitrogen and oxygen atoms in total. The van der Waals surface area contributed by atoms with Gasteiger partial charge in [0.15, 0.2) is 33.1 Å². The van der Waals surface area contributed by atoms with Crippen LogP contribution in [-0.2, 0) is 30.8 Å². The minimum absolute atomic E-state index is 0.0730. The first kappa shape index (κ1) is 29.0. The molecule has 0 unspecified atom stereocenters. The lowest BCUT2D eigenvalue weighted by Crippen LogP contribution is -2.25. The van der Waals surface area contributed by atoms with Crippen LogP contribution < -0.4 is 10.1 Å². The van der Waals surface area contributed by atoms with E-state index < -0.39 is 21.0 Å². The lowest BCUT2D eigenvalue weighted by Gasteiger charge is -2.12. The number of rotatable bonds is 10. The Morgan fingerprint density at radius 2 is 1.95 bits per heavy atom. The van der Waals surface area contributed by atoms with Crippen molar-refractivity contribution in [3.8, 4) is 5.88 Å². The third-order valence-corrected chi connectivity index (χ3v) is 10.1. The summed E-state index contributed by atoms with van der Waals surface area (Å²) in [6.45, 7) is 2.32. The number of nitrogens with zero attached hydrogens (tertiary/aromatic N) is 6. The molecule has 224 valence electrons. The highest BCUT2D eigenvalue weighted by Crippen LogP contribution is 2.28. The Kier molecular flexibility index (Phi) is 8.56. The van der Waals surface area contributed by atoms with Crippen molar-refractivity contribution in [2.75, 3.05) is 38.7 Å². The second-order valence-electron chi connectivity index (χ2n) is 10.2. The van der Waals surface area contributed by atoms with Crippen molar-refractivity contribution in [3.05, 3.63) is 66.2 Å². The van der Waals surface area contributed by atoms with Crippen molar-refractivity contribution in [2.45, 2.75) is 35.7 Å². The van der Waals surface area contributed by atoms with Crippen LogP contribution in [0.1, 0.15) is 24.2 Å². The molecule has 1 amide bonds. The largest absolute Gasteiger partial charge is 0.473 e. The van der Waals surface area contributed by atoms with Crippen molar-refractivity contribution in [1.29, 1.82) is 0 Å². The van der Waals surface area contributed by atoms with Gasteiger partial charge in [0.25, 0.3) is 5.91 Å². The van der Waals surface area contributed by atoms with Crippen LogP contribution in [0.15, 0.2) is 64.9 Å². The average Bonchev–Trinajstić information content (AvgIpc) is 3.78. The maximum Gasteiger partial charge on any atom is 0.280 e. The molecule has 1 N–H and O–H groups in total. The number of aromatic nitrogens is 4. The average molecular weight is 624 g/mol. The Bertz CT molecular complexity index is 1730. The van der Waals surface area contributed by atoms with E-state index in [4.69, 9.17) is 14.3 Å². The molecular weight excluding hydrogens is 594 g/mol. The lowest BCUT2D eigenvalue weighted by molar-refractivity contribution is -0.110. The molecule has 6 rings (SSSR count). The summed E-state index contributed by atoms with van der Waals surface area (Å²) in [5.74, 6) is 0.288. The number of benzene rings is 1. The SMILES string of the molecule is CN1CC[C@H](Oc2ccc3nc(NC(=O)C(=NOCc4ncccn4)c4ccc(S(=O)(=O)[C@H]5CCOC5)cc4)sc3n2)C1. The Morgan fingerprint density at radius 1 is 1.14 bits per heavy atom. The number of hydrogen-bond acceptors (Lipinski definition) is 13. The van der Waals surface area contributed by atoms with Crippen molar-refractivity contribution >= 4 is 48.3 Å². The number of pyridine rings is 1. The third kappa shape index (κ3) is 6.80. The number of carbonyl (C=O) groups excluding carboxylic acids is 1. The summed E-state index contributed by atoms with van der Waals surface area (Å²) >= 11 is 1.20. The van der Waals surface area contributed by atoms with E-state index in [9.17, 15) is 13.2 Å². The van der Waals surface area contributed by atoms with Gasteiger partial charge in [0, 0.05) is 43.7 Å². The summed E-state index contributed by atoms with van der Waals surface area (Å²) in [4.78, 5) is 39.1. The standard InChI is InChI=1S/C28H29N7O6S2/c1-35-13-9-19(15-35)41-24-8-7-22-27(32-24)42-28(31-22)33-26(36)25(34-40-17-23-29-11-2-12-30-23)18-3-5-20(6-4-18)43(37,38)21-10-14-39-16-21/h2-8,11-12,19,21H,9-10,13-17H2,1H3,(H,31,33,36)/t19-,21-/m0/s1. The van der Waals surface area contributed by atoms with Gasteiger partial charge in [-0.15, -0.1) is 0 Å². The van der Waals surface area contributed by atoms with Gasteiger partial charge >= 0.3 is 0 Å². The maximum atomic E-state index is 13.5. The molecule has 15 heteroatoms. The maximum absolute atomic E-state index is 13.5. The molecule has 1 aromatic carbocycles. The highest BCUT2D eigenvalue weighted by atomic mass is 32.2. The molecule has 2 saturated heterocycles. The van der Waals surface area contributed by atoms with E-state index in [0.717, 1.165) is 19.5 Å². The van der Waals surface area contributed by atoms with Gasteiger partial charge in [-0.25, -0.2) is 28.4 Å². The van der Waals surface area contributed by atoms with Crippen molar-refractivity contribution < 1.29 is 27.5 Å². The van der Waals surface area contributed by atoms with Gasteiger partial charge in [-0.1, -0.05) is 28.6 Å². The van der Waals surface area contributed by atoms with E-state index in [0.29, 0.717) is 45.8 Å².